The van der Waals surface area contributed by atoms with Gasteiger partial charge in [0.25, 0.3) is 11.8 Å². The summed E-state index contributed by atoms with van der Waals surface area (Å²) in [6.45, 7) is 2.03. The van der Waals surface area contributed by atoms with Crippen molar-refractivity contribution in [3.63, 3.8) is 0 Å². The summed E-state index contributed by atoms with van der Waals surface area (Å²) in [4.78, 5) is 28.9. The summed E-state index contributed by atoms with van der Waals surface area (Å²) >= 11 is 7.21. The second-order valence-corrected chi connectivity index (χ2v) is 7.36. The Hall–Kier alpha value is -2.44. The van der Waals surface area contributed by atoms with E-state index in [2.05, 4.69) is 4.37 Å². The van der Waals surface area contributed by atoms with Crippen LogP contribution in [0.5, 0.6) is 0 Å². The second-order valence-electron chi connectivity index (χ2n) is 6.12. The Morgan fingerprint density at radius 3 is 2.19 bits per heavy atom. The minimum absolute atomic E-state index is 0.0344. The highest BCUT2D eigenvalue weighted by molar-refractivity contribution is 7.13. The van der Waals surface area contributed by atoms with Crippen LogP contribution in [0.4, 0.5) is 0 Å². The Bertz CT molecular complexity index is 962. The van der Waals surface area contributed by atoms with Gasteiger partial charge in [-0.05, 0) is 41.9 Å². The Labute approximate surface area is 160 Å². The minimum Gasteiger partial charge on any atom is -0.335 e. The summed E-state index contributed by atoms with van der Waals surface area (Å²) in [5.41, 5.74) is 1.11. The molecular formula is C19H16ClN3O2S. The van der Waals surface area contributed by atoms with Gasteiger partial charge in [0.05, 0.1) is 4.70 Å². The van der Waals surface area contributed by atoms with Crippen molar-refractivity contribution >= 4 is 45.0 Å². The van der Waals surface area contributed by atoms with Crippen LogP contribution in [0.3, 0.4) is 0 Å². The quantitative estimate of drug-likeness (QED) is 0.677. The number of benzene rings is 2. The Morgan fingerprint density at radius 1 is 0.885 bits per heavy atom. The van der Waals surface area contributed by atoms with Crippen LogP contribution in [0.25, 0.3) is 10.1 Å². The fourth-order valence-corrected chi connectivity index (χ4v) is 3.97. The van der Waals surface area contributed by atoms with Crippen LogP contribution >= 0.6 is 23.1 Å². The number of nitrogens with zero attached hydrogens (tertiary/aromatic N) is 3. The molecule has 26 heavy (non-hydrogen) atoms. The van der Waals surface area contributed by atoms with Crippen molar-refractivity contribution in [3.8, 4) is 0 Å². The van der Waals surface area contributed by atoms with Crippen LogP contribution in [-0.2, 0) is 0 Å². The fourth-order valence-electron chi connectivity index (χ4n) is 3.08. The van der Waals surface area contributed by atoms with Crippen LogP contribution in [0, 0.1) is 0 Å². The lowest BCUT2D eigenvalue weighted by atomic mass is 10.1. The van der Waals surface area contributed by atoms with Crippen LogP contribution < -0.4 is 0 Å². The fraction of sp³-hybridized carbons (Fsp3) is 0.211. The van der Waals surface area contributed by atoms with Gasteiger partial charge in [0.2, 0.25) is 0 Å². The maximum absolute atomic E-state index is 12.8. The van der Waals surface area contributed by atoms with Crippen molar-refractivity contribution < 1.29 is 9.59 Å². The van der Waals surface area contributed by atoms with Gasteiger partial charge in [-0.15, -0.1) is 0 Å². The largest absolute Gasteiger partial charge is 0.335 e. The normalized spacial score (nSPS) is 14.7. The van der Waals surface area contributed by atoms with Gasteiger partial charge in [0, 0.05) is 42.2 Å². The molecule has 3 aromatic rings. The Balaban J connectivity index is 1.44. The lowest BCUT2D eigenvalue weighted by Gasteiger charge is -2.34. The van der Waals surface area contributed by atoms with Gasteiger partial charge in [-0.1, -0.05) is 29.8 Å². The highest BCUT2D eigenvalue weighted by Gasteiger charge is 2.27. The van der Waals surface area contributed by atoms with Gasteiger partial charge in [-0.3, -0.25) is 9.59 Å². The van der Waals surface area contributed by atoms with E-state index in [4.69, 9.17) is 11.6 Å². The molecule has 0 radical (unpaired) electrons. The van der Waals surface area contributed by atoms with E-state index in [1.54, 1.807) is 34.1 Å². The van der Waals surface area contributed by atoms with Crippen molar-refractivity contribution in [1.29, 1.82) is 0 Å². The number of halogens is 1. The Morgan fingerprint density at radius 2 is 1.50 bits per heavy atom. The zero-order chi connectivity index (χ0) is 18.1. The zero-order valence-electron chi connectivity index (χ0n) is 13.9. The molecule has 1 saturated heterocycles. The van der Waals surface area contributed by atoms with E-state index in [-0.39, 0.29) is 11.8 Å². The first-order chi connectivity index (χ1) is 12.6. The van der Waals surface area contributed by atoms with Gasteiger partial charge in [0.1, 0.15) is 5.69 Å². The number of rotatable bonds is 2. The first-order valence-corrected chi connectivity index (χ1v) is 9.47. The molecule has 0 aliphatic carbocycles. The van der Waals surface area contributed by atoms with Gasteiger partial charge in [-0.2, -0.15) is 4.37 Å². The van der Waals surface area contributed by atoms with Gasteiger partial charge >= 0.3 is 0 Å². The van der Waals surface area contributed by atoms with Crippen molar-refractivity contribution in [2.45, 2.75) is 0 Å². The SMILES string of the molecule is O=C(c1ccc(Cl)cc1)N1CCN(C(=O)c2nsc3ccccc23)CC1. The average molecular weight is 386 g/mol. The number of fused-ring (bicyclic) bond motifs is 1. The number of piperazine rings is 1. The zero-order valence-corrected chi connectivity index (χ0v) is 15.5. The van der Waals surface area contributed by atoms with Crippen molar-refractivity contribution in [2.24, 2.45) is 0 Å². The number of carbonyl (C=O) groups is 2. The number of carbonyl (C=O) groups excluding carboxylic acids is 2. The van der Waals surface area contributed by atoms with Crippen LogP contribution in [0.1, 0.15) is 20.8 Å². The molecule has 0 N–H and O–H groups in total. The van der Waals surface area contributed by atoms with E-state index >= 15 is 0 Å². The summed E-state index contributed by atoms with van der Waals surface area (Å²) in [6, 6.07) is 14.6. The predicted molar refractivity (Wildman–Crippen MR) is 103 cm³/mol. The van der Waals surface area contributed by atoms with Crippen molar-refractivity contribution in [1.82, 2.24) is 14.2 Å². The van der Waals surface area contributed by atoms with E-state index in [1.165, 1.54) is 11.5 Å². The maximum atomic E-state index is 12.8. The average Bonchev–Trinajstić information content (AvgIpc) is 3.12. The Kier molecular flexibility index (Phi) is 4.61. The van der Waals surface area contributed by atoms with E-state index in [1.807, 2.05) is 24.3 Å². The number of hydrogen-bond acceptors (Lipinski definition) is 4. The molecule has 1 aliphatic rings. The van der Waals surface area contributed by atoms with Crippen molar-refractivity contribution in [2.75, 3.05) is 26.2 Å². The van der Waals surface area contributed by atoms with Gasteiger partial charge < -0.3 is 9.80 Å². The van der Waals surface area contributed by atoms with E-state index < -0.39 is 0 Å². The molecule has 4 rings (SSSR count). The molecule has 0 saturated carbocycles. The summed E-state index contributed by atoms with van der Waals surface area (Å²) in [6.07, 6.45) is 0. The maximum Gasteiger partial charge on any atom is 0.274 e. The third-order valence-electron chi connectivity index (χ3n) is 4.53. The molecule has 2 aromatic carbocycles. The van der Waals surface area contributed by atoms with Gasteiger partial charge in [-0.25, -0.2) is 0 Å². The lowest BCUT2D eigenvalue weighted by molar-refractivity contribution is 0.0534. The molecule has 0 bridgehead atoms. The summed E-state index contributed by atoms with van der Waals surface area (Å²) in [5.74, 6) is -0.103. The monoisotopic (exact) mass is 385 g/mol. The second kappa shape index (κ2) is 7.05. The van der Waals surface area contributed by atoms with Crippen LogP contribution in [0.2, 0.25) is 5.02 Å². The number of aromatic nitrogens is 1. The third-order valence-corrected chi connectivity index (χ3v) is 5.60. The van der Waals surface area contributed by atoms with Crippen LogP contribution in [0.15, 0.2) is 48.5 Å². The number of amides is 2. The molecule has 132 valence electrons. The first-order valence-electron chi connectivity index (χ1n) is 8.32. The summed E-state index contributed by atoms with van der Waals surface area (Å²) in [7, 11) is 0. The van der Waals surface area contributed by atoms with Crippen molar-refractivity contribution in [3.05, 3.63) is 64.8 Å². The summed E-state index contributed by atoms with van der Waals surface area (Å²) < 4.78 is 5.34. The predicted octanol–water partition coefficient (Wildman–Crippen LogP) is 3.55. The van der Waals surface area contributed by atoms with Crippen LogP contribution in [-0.4, -0.2) is 52.2 Å². The smallest absolute Gasteiger partial charge is 0.274 e. The standard InChI is InChI=1S/C19H16ClN3O2S/c20-14-7-5-13(6-8-14)18(24)22-9-11-23(12-10-22)19(25)17-15-3-1-2-4-16(15)26-21-17/h1-8H,9-12H2. The highest BCUT2D eigenvalue weighted by atomic mass is 35.5. The van der Waals surface area contributed by atoms with E-state index in [0.717, 1.165) is 10.1 Å². The summed E-state index contributed by atoms with van der Waals surface area (Å²) in [5, 5.41) is 1.50. The molecule has 0 atom stereocenters. The molecule has 7 heteroatoms. The highest BCUT2D eigenvalue weighted by Crippen LogP contribution is 2.24. The molecule has 1 fully saturated rings. The third kappa shape index (κ3) is 3.18. The van der Waals surface area contributed by atoms with E-state index in [9.17, 15) is 9.59 Å². The molecule has 1 aromatic heterocycles. The molecule has 2 amide bonds. The topological polar surface area (TPSA) is 53.5 Å². The minimum atomic E-state index is -0.0685. The molecule has 0 unspecified atom stereocenters. The molecule has 0 spiro atoms. The number of hydrogen-bond donors (Lipinski definition) is 0. The van der Waals surface area contributed by atoms with E-state index in [0.29, 0.717) is 42.5 Å². The molecule has 5 nitrogen and oxygen atoms in total. The molecule has 2 heterocycles. The molecule has 1 aliphatic heterocycles. The lowest BCUT2D eigenvalue weighted by Crippen LogP contribution is -2.50. The first kappa shape index (κ1) is 17.0. The van der Waals surface area contributed by atoms with Gasteiger partial charge in [0.15, 0.2) is 0 Å². The molecular weight excluding hydrogens is 370 g/mol.